The van der Waals surface area contributed by atoms with Crippen molar-refractivity contribution in [3.63, 3.8) is 0 Å². The van der Waals surface area contributed by atoms with Crippen molar-refractivity contribution in [1.29, 1.82) is 0 Å². The third-order valence-electron chi connectivity index (χ3n) is 4.92. The lowest BCUT2D eigenvalue weighted by molar-refractivity contribution is 0.173. The monoisotopic (exact) mass is 425 g/mol. The molecule has 3 aromatic rings. The second-order valence-electron chi connectivity index (χ2n) is 7.06. The fourth-order valence-electron chi connectivity index (χ4n) is 3.38. The molecule has 1 aliphatic rings. The molecule has 3 aromatic heterocycles. The normalized spacial score (nSPS) is 15.5. The summed E-state index contributed by atoms with van der Waals surface area (Å²) in [5.41, 5.74) is 0.688. The number of nitrogens with one attached hydrogen (secondary N) is 1. The molecule has 0 radical (unpaired) electrons. The maximum absolute atomic E-state index is 5.32. The first-order valence-corrected chi connectivity index (χ1v) is 11.2. The van der Waals surface area contributed by atoms with Gasteiger partial charge in [0.2, 0.25) is 0 Å². The summed E-state index contributed by atoms with van der Waals surface area (Å²) < 4.78 is 5.32. The van der Waals surface area contributed by atoms with Crippen LogP contribution in [0.25, 0.3) is 11.6 Å². The third kappa shape index (κ3) is 5.43. The Kier molecular flexibility index (Phi) is 7.04. The van der Waals surface area contributed by atoms with Crippen molar-refractivity contribution in [1.82, 2.24) is 30.2 Å². The predicted molar refractivity (Wildman–Crippen MR) is 118 cm³/mol. The molecule has 0 aromatic carbocycles. The van der Waals surface area contributed by atoms with Crippen LogP contribution in [0.4, 0.5) is 0 Å². The summed E-state index contributed by atoms with van der Waals surface area (Å²) in [5.74, 6) is 2.06. The molecule has 0 saturated carbocycles. The molecule has 1 aliphatic heterocycles. The summed E-state index contributed by atoms with van der Waals surface area (Å²) in [4.78, 5) is 19.7. The lowest BCUT2D eigenvalue weighted by Gasteiger charge is -2.36. The van der Waals surface area contributed by atoms with Crippen LogP contribution in [-0.2, 0) is 13.0 Å². The van der Waals surface area contributed by atoms with Crippen molar-refractivity contribution in [2.75, 3.05) is 39.3 Å². The topological polar surface area (TPSA) is 82.7 Å². The molecule has 4 heterocycles. The second-order valence-corrected chi connectivity index (χ2v) is 8.09. The van der Waals surface area contributed by atoms with E-state index in [4.69, 9.17) is 9.52 Å². The Morgan fingerprint density at radius 2 is 2.10 bits per heavy atom. The van der Waals surface area contributed by atoms with Crippen LogP contribution >= 0.6 is 11.3 Å². The quantitative estimate of drug-likeness (QED) is 0.460. The van der Waals surface area contributed by atoms with Gasteiger partial charge in [0.25, 0.3) is 5.89 Å². The van der Waals surface area contributed by atoms with Crippen molar-refractivity contribution in [3.05, 3.63) is 52.6 Å². The highest BCUT2D eigenvalue weighted by Crippen LogP contribution is 2.14. The Bertz CT molecular complexity index is 918. The van der Waals surface area contributed by atoms with E-state index in [1.807, 2.05) is 29.5 Å². The number of pyridine rings is 1. The maximum atomic E-state index is 5.32. The van der Waals surface area contributed by atoms with Gasteiger partial charge < -0.3 is 14.7 Å². The molecule has 30 heavy (non-hydrogen) atoms. The minimum atomic E-state index is 0.448. The molecule has 1 N–H and O–H groups in total. The molecule has 0 aliphatic carbocycles. The first-order valence-electron chi connectivity index (χ1n) is 10.3. The van der Waals surface area contributed by atoms with E-state index in [-0.39, 0.29) is 0 Å². The number of rotatable bonds is 7. The summed E-state index contributed by atoms with van der Waals surface area (Å²) in [6.45, 7) is 8.63. The molecule has 0 spiro atoms. The Labute approximate surface area is 180 Å². The largest absolute Gasteiger partial charge is 0.357 e. The van der Waals surface area contributed by atoms with E-state index in [0.29, 0.717) is 30.4 Å². The van der Waals surface area contributed by atoms with Crippen LogP contribution in [0.15, 0.2) is 51.4 Å². The smallest absolute Gasteiger partial charge is 0.276 e. The summed E-state index contributed by atoms with van der Waals surface area (Å²) in [6.07, 6.45) is 2.34. The molecular weight excluding hydrogens is 398 g/mol. The summed E-state index contributed by atoms with van der Waals surface area (Å²) in [6, 6.07) is 9.95. The minimum Gasteiger partial charge on any atom is -0.357 e. The van der Waals surface area contributed by atoms with Crippen LogP contribution in [0.3, 0.4) is 0 Å². The molecule has 0 atom stereocenters. The third-order valence-corrected chi connectivity index (χ3v) is 5.78. The molecule has 4 rings (SSSR count). The highest BCUT2D eigenvalue weighted by Gasteiger charge is 2.20. The molecule has 1 fully saturated rings. The van der Waals surface area contributed by atoms with E-state index < -0.39 is 0 Å². The zero-order valence-corrected chi connectivity index (χ0v) is 18.0. The molecule has 9 heteroatoms. The minimum absolute atomic E-state index is 0.448. The van der Waals surface area contributed by atoms with E-state index >= 15 is 0 Å². The molecule has 0 bridgehead atoms. The van der Waals surface area contributed by atoms with Crippen molar-refractivity contribution in [2.45, 2.75) is 19.9 Å². The van der Waals surface area contributed by atoms with Gasteiger partial charge in [0.05, 0.1) is 0 Å². The van der Waals surface area contributed by atoms with Crippen LogP contribution in [0.1, 0.15) is 17.6 Å². The van der Waals surface area contributed by atoms with Crippen LogP contribution in [0.2, 0.25) is 0 Å². The average Bonchev–Trinajstić information content (AvgIpc) is 3.47. The van der Waals surface area contributed by atoms with E-state index in [0.717, 1.165) is 45.2 Å². The zero-order chi connectivity index (χ0) is 20.6. The number of aliphatic imine (C=N–C) groups is 1. The number of aromatic nitrogens is 3. The van der Waals surface area contributed by atoms with Crippen LogP contribution in [-0.4, -0.2) is 70.2 Å². The van der Waals surface area contributed by atoms with E-state index in [2.05, 4.69) is 54.7 Å². The number of piperazine rings is 1. The highest BCUT2D eigenvalue weighted by molar-refractivity contribution is 7.09. The average molecular weight is 426 g/mol. The van der Waals surface area contributed by atoms with Gasteiger partial charge in [-0.1, -0.05) is 17.3 Å². The van der Waals surface area contributed by atoms with Crippen LogP contribution < -0.4 is 5.32 Å². The fraction of sp³-hybridized carbons (Fsp3) is 0.429. The Morgan fingerprint density at radius 1 is 1.20 bits per heavy atom. The van der Waals surface area contributed by atoms with E-state index in [9.17, 15) is 0 Å². The van der Waals surface area contributed by atoms with E-state index in [1.54, 1.807) is 6.20 Å². The molecule has 8 nitrogen and oxygen atoms in total. The Hall–Kier alpha value is -2.78. The standard InChI is InChI=1S/C21H27N7OS/c1-2-22-21(28-13-11-27(12-14-28)16-17-6-5-15-30-17)24-10-8-19-25-20(29-26-19)18-7-3-4-9-23-18/h3-7,9,15H,2,8,10-14,16H2,1H3,(H,22,24). The summed E-state index contributed by atoms with van der Waals surface area (Å²) >= 11 is 1.83. The second kappa shape index (κ2) is 10.3. The lowest BCUT2D eigenvalue weighted by Crippen LogP contribution is -2.52. The van der Waals surface area contributed by atoms with Gasteiger partial charge in [0, 0.05) is 63.3 Å². The molecule has 0 amide bonds. The van der Waals surface area contributed by atoms with Crippen molar-refractivity contribution >= 4 is 17.3 Å². The number of thiophene rings is 1. The SMILES string of the molecule is CCNC(=NCCc1noc(-c2ccccn2)n1)N1CCN(Cc2cccs2)CC1. The molecular formula is C21H27N7OS. The number of hydrogen-bond donors (Lipinski definition) is 1. The fourth-order valence-corrected chi connectivity index (χ4v) is 4.12. The highest BCUT2D eigenvalue weighted by atomic mass is 32.1. The maximum Gasteiger partial charge on any atom is 0.276 e. The van der Waals surface area contributed by atoms with Gasteiger partial charge in [-0.3, -0.25) is 14.9 Å². The van der Waals surface area contributed by atoms with Gasteiger partial charge in [-0.2, -0.15) is 4.98 Å². The van der Waals surface area contributed by atoms with Gasteiger partial charge in [-0.15, -0.1) is 11.3 Å². The molecule has 158 valence electrons. The number of hydrogen-bond acceptors (Lipinski definition) is 7. The summed E-state index contributed by atoms with van der Waals surface area (Å²) in [5, 5.41) is 9.62. The van der Waals surface area contributed by atoms with Gasteiger partial charge in [-0.25, -0.2) is 0 Å². The first-order chi connectivity index (χ1) is 14.8. The summed E-state index contributed by atoms with van der Waals surface area (Å²) in [7, 11) is 0. The van der Waals surface area contributed by atoms with Gasteiger partial charge >= 0.3 is 0 Å². The number of nitrogens with zero attached hydrogens (tertiary/aromatic N) is 6. The van der Waals surface area contributed by atoms with Crippen LogP contribution in [0.5, 0.6) is 0 Å². The first kappa shape index (κ1) is 20.5. The van der Waals surface area contributed by atoms with Gasteiger partial charge in [0.1, 0.15) is 5.69 Å². The van der Waals surface area contributed by atoms with Gasteiger partial charge in [-0.05, 0) is 30.5 Å². The lowest BCUT2D eigenvalue weighted by atomic mass is 10.3. The van der Waals surface area contributed by atoms with Crippen LogP contribution in [0, 0.1) is 0 Å². The van der Waals surface area contributed by atoms with Crippen molar-refractivity contribution in [3.8, 4) is 11.6 Å². The zero-order valence-electron chi connectivity index (χ0n) is 17.2. The van der Waals surface area contributed by atoms with Crippen molar-refractivity contribution in [2.24, 2.45) is 4.99 Å². The Balaban J connectivity index is 1.29. The Morgan fingerprint density at radius 3 is 2.83 bits per heavy atom. The van der Waals surface area contributed by atoms with Crippen molar-refractivity contribution < 1.29 is 4.52 Å². The molecule has 0 unspecified atom stereocenters. The molecule has 1 saturated heterocycles. The van der Waals surface area contributed by atoms with Gasteiger partial charge in [0.15, 0.2) is 11.8 Å². The van der Waals surface area contributed by atoms with E-state index in [1.165, 1.54) is 4.88 Å². The predicted octanol–water partition coefficient (Wildman–Crippen LogP) is 2.52. The number of guanidine groups is 1.